The number of hydrogen-bond acceptors (Lipinski definition) is 6. The zero-order valence-corrected chi connectivity index (χ0v) is 12.3. The van der Waals surface area contributed by atoms with Crippen molar-refractivity contribution >= 4 is 27.3 Å². The fourth-order valence-electron chi connectivity index (χ4n) is 1.29. The van der Waals surface area contributed by atoms with Gasteiger partial charge >= 0.3 is 0 Å². The Morgan fingerprint density at radius 1 is 1.39 bits per heavy atom. The van der Waals surface area contributed by atoms with Crippen LogP contribution in [0.15, 0.2) is 22.7 Å². The summed E-state index contributed by atoms with van der Waals surface area (Å²) >= 11 is 4.83. The van der Waals surface area contributed by atoms with Gasteiger partial charge in [0.05, 0.1) is 11.6 Å². The number of aromatic nitrogens is 2. The lowest BCUT2D eigenvalue weighted by molar-refractivity contribution is 0.412. The summed E-state index contributed by atoms with van der Waals surface area (Å²) < 4.78 is 11.6. The molecule has 0 saturated heterocycles. The van der Waals surface area contributed by atoms with Crippen LogP contribution in [0.25, 0.3) is 0 Å². The van der Waals surface area contributed by atoms with Gasteiger partial charge in [0.25, 0.3) is 5.19 Å². The third kappa shape index (κ3) is 3.18. The average molecular weight is 330 g/mol. The number of methoxy groups -OCH3 is 1. The molecular formula is C11H12BrN3O2S. The molecule has 0 fully saturated rings. The lowest BCUT2D eigenvalue weighted by atomic mass is 10.3. The van der Waals surface area contributed by atoms with Crippen molar-refractivity contribution in [1.82, 2.24) is 15.5 Å². The minimum absolute atomic E-state index is 0.520. The van der Waals surface area contributed by atoms with Crippen LogP contribution in [0.3, 0.4) is 0 Å². The highest BCUT2D eigenvalue weighted by atomic mass is 79.9. The van der Waals surface area contributed by atoms with E-state index in [4.69, 9.17) is 9.47 Å². The molecule has 1 aromatic carbocycles. The molecule has 7 heteroatoms. The fraction of sp³-hybridized carbons (Fsp3) is 0.273. The molecule has 0 aliphatic carbocycles. The van der Waals surface area contributed by atoms with E-state index in [-0.39, 0.29) is 0 Å². The van der Waals surface area contributed by atoms with Gasteiger partial charge in [0.1, 0.15) is 16.5 Å². The molecule has 1 heterocycles. The van der Waals surface area contributed by atoms with Gasteiger partial charge in [-0.15, -0.1) is 5.10 Å². The van der Waals surface area contributed by atoms with Gasteiger partial charge < -0.3 is 14.8 Å². The van der Waals surface area contributed by atoms with Crippen LogP contribution in [-0.2, 0) is 6.54 Å². The Bertz CT molecular complexity index is 533. The molecule has 2 aromatic rings. The Morgan fingerprint density at radius 3 is 2.89 bits per heavy atom. The number of halogens is 1. The number of nitrogens with zero attached hydrogens (tertiary/aromatic N) is 2. The first-order chi connectivity index (χ1) is 8.72. The van der Waals surface area contributed by atoms with Crippen molar-refractivity contribution in [2.45, 2.75) is 6.54 Å². The first kappa shape index (κ1) is 13.3. The highest BCUT2D eigenvalue weighted by Crippen LogP contribution is 2.33. The van der Waals surface area contributed by atoms with Crippen molar-refractivity contribution < 1.29 is 9.47 Å². The molecule has 0 amide bonds. The smallest absolute Gasteiger partial charge is 0.299 e. The van der Waals surface area contributed by atoms with E-state index in [1.807, 2.05) is 25.2 Å². The molecule has 0 aliphatic rings. The summed E-state index contributed by atoms with van der Waals surface area (Å²) in [6.07, 6.45) is 0. The third-order valence-corrected chi connectivity index (χ3v) is 3.53. The Balaban J connectivity index is 2.12. The van der Waals surface area contributed by atoms with Crippen LogP contribution in [0, 0.1) is 0 Å². The van der Waals surface area contributed by atoms with E-state index in [2.05, 4.69) is 31.4 Å². The predicted molar refractivity (Wildman–Crippen MR) is 73.4 cm³/mol. The summed E-state index contributed by atoms with van der Waals surface area (Å²) in [6, 6.07) is 5.49. The van der Waals surface area contributed by atoms with Crippen molar-refractivity contribution in [2.75, 3.05) is 14.2 Å². The molecule has 18 heavy (non-hydrogen) atoms. The van der Waals surface area contributed by atoms with Crippen molar-refractivity contribution in [2.24, 2.45) is 0 Å². The fourth-order valence-corrected chi connectivity index (χ4v) is 2.44. The Kier molecular flexibility index (Phi) is 4.51. The van der Waals surface area contributed by atoms with Gasteiger partial charge in [0.15, 0.2) is 0 Å². The van der Waals surface area contributed by atoms with Gasteiger partial charge in [-0.05, 0) is 41.2 Å². The lowest BCUT2D eigenvalue weighted by Crippen LogP contribution is -2.04. The number of benzene rings is 1. The maximum atomic E-state index is 5.65. The summed E-state index contributed by atoms with van der Waals surface area (Å²) in [5.41, 5.74) is 0. The number of nitrogens with one attached hydrogen (secondary N) is 1. The van der Waals surface area contributed by atoms with Crippen molar-refractivity contribution in [3.63, 3.8) is 0 Å². The van der Waals surface area contributed by atoms with Crippen molar-refractivity contribution in [3.8, 4) is 16.7 Å². The van der Waals surface area contributed by atoms with E-state index >= 15 is 0 Å². The molecule has 2 rings (SSSR count). The van der Waals surface area contributed by atoms with Gasteiger partial charge in [0.2, 0.25) is 0 Å². The summed E-state index contributed by atoms with van der Waals surface area (Å²) in [5.74, 6) is 1.45. The molecule has 0 spiro atoms. The highest BCUT2D eigenvalue weighted by molar-refractivity contribution is 9.10. The SMILES string of the molecule is CNCc1nnc(Oc2ccc(OC)cc2Br)s1. The van der Waals surface area contributed by atoms with E-state index in [0.717, 1.165) is 15.2 Å². The maximum absolute atomic E-state index is 5.65. The molecule has 0 unspecified atom stereocenters. The largest absolute Gasteiger partial charge is 0.497 e. The summed E-state index contributed by atoms with van der Waals surface area (Å²) in [5, 5.41) is 12.4. The molecule has 0 bridgehead atoms. The predicted octanol–water partition coefficient (Wildman–Crippen LogP) is 2.82. The first-order valence-electron chi connectivity index (χ1n) is 5.21. The molecular weight excluding hydrogens is 318 g/mol. The second kappa shape index (κ2) is 6.12. The van der Waals surface area contributed by atoms with Gasteiger partial charge in [-0.2, -0.15) is 0 Å². The molecule has 5 nitrogen and oxygen atoms in total. The highest BCUT2D eigenvalue weighted by Gasteiger charge is 2.09. The van der Waals surface area contributed by atoms with Crippen LogP contribution in [0.2, 0.25) is 0 Å². The Morgan fingerprint density at radius 2 is 2.22 bits per heavy atom. The Labute approximate surface area is 117 Å². The first-order valence-corrected chi connectivity index (χ1v) is 6.82. The molecule has 1 N–H and O–H groups in total. The van der Waals surface area contributed by atoms with Crippen LogP contribution in [-0.4, -0.2) is 24.4 Å². The van der Waals surface area contributed by atoms with Crippen LogP contribution in [0.1, 0.15) is 5.01 Å². The summed E-state index contributed by atoms with van der Waals surface area (Å²) in [7, 11) is 3.49. The van der Waals surface area contributed by atoms with Gasteiger partial charge in [-0.3, -0.25) is 0 Å². The number of rotatable bonds is 5. The van der Waals surface area contributed by atoms with E-state index in [1.54, 1.807) is 7.11 Å². The standard InChI is InChI=1S/C11H12BrN3O2S/c1-13-6-10-14-15-11(18-10)17-9-4-3-7(16-2)5-8(9)12/h3-5,13H,6H2,1-2H3. The van der Waals surface area contributed by atoms with Gasteiger partial charge in [0, 0.05) is 6.54 Å². The normalized spacial score (nSPS) is 10.4. The number of hydrogen-bond donors (Lipinski definition) is 1. The Hall–Kier alpha value is -1.18. The van der Waals surface area contributed by atoms with Crippen LogP contribution in [0.4, 0.5) is 0 Å². The molecule has 0 atom stereocenters. The van der Waals surface area contributed by atoms with Gasteiger partial charge in [-0.25, -0.2) is 0 Å². The van der Waals surface area contributed by atoms with Crippen molar-refractivity contribution in [1.29, 1.82) is 0 Å². The van der Waals surface area contributed by atoms with E-state index in [1.165, 1.54) is 11.3 Å². The lowest BCUT2D eigenvalue weighted by Gasteiger charge is -2.05. The molecule has 0 radical (unpaired) electrons. The minimum Gasteiger partial charge on any atom is -0.497 e. The zero-order valence-electron chi connectivity index (χ0n) is 9.94. The monoisotopic (exact) mass is 329 g/mol. The van der Waals surface area contributed by atoms with Crippen LogP contribution in [0.5, 0.6) is 16.7 Å². The average Bonchev–Trinajstić information content (AvgIpc) is 2.80. The molecule has 0 saturated carbocycles. The van der Waals surface area contributed by atoms with Crippen molar-refractivity contribution in [3.05, 3.63) is 27.7 Å². The van der Waals surface area contributed by atoms with E-state index in [9.17, 15) is 0 Å². The maximum Gasteiger partial charge on any atom is 0.299 e. The molecule has 96 valence electrons. The second-order valence-electron chi connectivity index (χ2n) is 3.39. The summed E-state index contributed by atoms with van der Waals surface area (Å²) in [6.45, 7) is 0.685. The zero-order chi connectivity index (χ0) is 13.0. The van der Waals surface area contributed by atoms with E-state index in [0.29, 0.717) is 17.5 Å². The molecule has 0 aliphatic heterocycles. The van der Waals surface area contributed by atoms with Crippen LogP contribution >= 0.6 is 27.3 Å². The molecule has 1 aromatic heterocycles. The second-order valence-corrected chi connectivity index (χ2v) is 5.27. The van der Waals surface area contributed by atoms with Gasteiger partial charge in [-0.1, -0.05) is 16.4 Å². The van der Waals surface area contributed by atoms with E-state index < -0.39 is 0 Å². The topological polar surface area (TPSA) is 56.3 Å². The summed E-state index contributed by atoms with van der Waals surface area (Å²) in [4.78, 5) is 0. The minimum atomic E-state index is 0.520. The quantitative estimate of drug-likeness (QED) is 0.914. The number of ether oxygens (including phenoxy) is 2. The van der Waals surface area contributed by atoms with Crippen LogP contribution < -0.4 is 14.8 Å². The third-order valence-electron chi connectivity index (χ3n) is 2.11.